The molecule has 2 amide bonds. The van der Waals surface area contributed by atoms with Crippen molar-refractivity contribution in [3.05, 3.63) is 82.4 Å². The Bertz CT molecular complexity index is 1320. The fraction of sp³-hybridized carbons (Fsp3) is 0.0476. The molecule has 0 radical (unpaired) electrons. The van der Waals surface area contributed by atoms with Crippen LogP contribution < -0.4 is 10.6 Å². The number of nitro benzene ring substituents is 1. The maximum atomic E-state index is 12.5. The van der Waals surface area contributed by atoms with Crippen molar-refractivity contribution in [2.45, 2.75) is 4.34 Å². The van der Waals surface area contributed by atoms with E-state index in [1.807, 2.05) is 30.3 Å². The van der Waals surface area contributed by atoms with Gasteiger partial charge in [-0.1, -0.05) is 59.5 Å². The lowest BCUT2D eigenvalue weighted by Gasteiger charge is -2.04. The van der Waals surface area contributed by atoms with E-state index in [2.05, 4.69) is 20.8 Å². The van der Waals surface area contributed by atoms with E-state index in [-0.39, 0.29) is 23.3 Å². The minimum atomic E-state index is -0.528. The maximum absolute atomic E-state index is 12.5. The standard InChI is InChI=1S/C21H15N5O4S2/c27-18(22-16-6-3-7-17(11-16)26(29)30)12-31-21-25-24-20(32-21)23-19(28)15-9-8-13-4-1-2-5-14(13)10-15/h1-11H,12H2,(H,22,27)(H,23,24,28). The van der Waals surface area contributed by atoms with Crippen LogP contribution in [0.25, 0.3) is 10.8 Å². The highest BCUT2D eigenvalue weighted by Crippen LogP contribution is 2.26. The number of rotatable bonds is 7. The van der Waals surface area contributed by atoms with Gasteiger partial charge in [0.1, 0.15) is 0 Å². The summed E-state index contributed by atoms with van der Waals surface area (Å²) in [5.41, 5.74) is 0.737. The number of benzene rings is 3. The predicted octanol–water partition coefficient (Wildman–Crippen LogP) is 4.58. The maximum Gasteiger partial charge on any atom is 0.271 e. The molecule has 0 saturated carbocycles. The lowest BCUT2D eigenvalue weighted by atomic mass is 10.1. The van der Waals surface area contributed by atoms with Crippen molar-refractivity contribution in [2.75, 3.05) is 16.4 Å². The molecule has 0 unspecified atom stereocenters. The van der Waals surface area contributed by atoms with Crippen molar-refractivity contribution in [3.8, 4) is 0 Å². The largest absolute Gasteiger partial charge is 0.325 e. The molecule has 160 valence electrons. The molecule has 3 aromatic carbocycles. The summed E-state index contributed by atoms with van der Waals surface area (Å²) in [4.78, 5) is 34.9. The molecular formula is C21H15N5O4S2. The Morgan fingerprint density at radius 1 is 0.969 bits per heavy atom. The summed E-state index contributed by atoms with van der Waals surface area (Å²) in [5.74, 6) is -0.602. The third-order valence-electron chi connectivity index (χ3n) is 4.31. The number of nitrogens with zero attached hydrogens (tertiary/aromatic N) is 3. The van der Waals surface area contributed by atoms with E-state index in [1.54, 1.807) is 18.2 Å². The number of hydrogen-bond acceptors (Lipinski definition) is 8. The normalized spacial score (nSPS) is 10.6. The number of carbonyl (C=O) groups excluding carboxylic acids is 2. The second-order valence-electron chi connectivity index (χ2n) is 6.53. The SMILES string of the molecule is O=C(CSc1nnc(NC(=O)c2ccc3ccccc3c2)s1)Nc1cccc([N+](=O)[O-])c1. The number of aromatic nitrogens is 2. The van der Waals surface area contributed by atoms with Gasteiger partial charge in [0, 0.05) is 23.4 Å². The highest BCUT2D eigenvalue weighted by Gasteiger charge is 2.13. The Balaban J connectivity index is 1.32. The summed E-state index contributed by atoms with van der Waals surface area (Å²) in [7, 11) is 0. The number of thioether (sulfide) groups is 1. The smallest absolute Gasteiger partial charge is 0.271 e. The van der Waals surface area contributed by atoms with Gasteiger partial charge in [0.15, 0.2) is 4.34 Å². The van der Waals surface area contributed by atoms with Crippen LogP contribution in [0.5, 0.6) is 0 Å². The molecule has 4 aromatic rings. The quantitative estimate of drug-likeness (QED) is 0.177. The van der Waals surface area contributed by atoms with E-state index in [0.29, 0.717) is 20.7 Å². The van der Waals surface area contributed by atoms with Crippen LogP contribution in [0.15, 0.2) is 71.1 Å². The van der Waals surface area contributed by atoms with Crippen LogP contribution in [0.4, 0.5) is 16.5 Å². The van der Waals surface area contributed by atoms with Crippen LogP contribution in [0.3, 0.4) is 0 Å². The number of amides is 2. The number of carbonyl (C=O) groups is 2. The minimum Gasteiger partial charge on any atom is -0.325 e. The van der Waals surface area contributed by atoms with Gasteiger partial charge in [0.25, 0.3) is 11.6 Å². The van der Waals surface area contributed by atoms with Gasteiger partial charge < -0.3 is 5.32 Å². The molecule has 11 heteroatoms. The van der Waals surface area contributed by atoms with E-state index >= 15 is 0 Å². The topological polar surface area (TPSA) is 127 Å². The van der Waals surface area contributed by atoms with Crippen molar-refractivity contribution >= 4 is 62.2 Å². The van der Waals surface area contributed by atoms with Crippen molar-refractivity contribution in [2.24, 2.45) is 0 Å². The van der Waals surface area contributed by atoms with Gasteiger partial charge in [-0.15, -0.1) is 10.2 Å². The van der Waals surface area contributed by atoms with Gasteiger partial charge in [-0.25, -0.2) is 0 Å². The summed E-state index contributed by atoms with van der Waals surface area (Å²) in [6.45, 7) is 0. The Morgan fingerprint density at radius 2 is 1.78 bits per heavy atom. The Labute approximate surface area is 190 Å². The van der Waals surface area contributed by atoms with Crippen LogP contribution in [0, 0.1) is 10.1 Å². The molecule has 4 rings (SSSR count). The van der Waals surface area contributed by atoms with Crippen LogP contribution in [0.1, 0.15) is 10.4 Å². The molecule has 1 aromatic heterocycles. The first kappa shape index (κ1) is 21.4. The summed E-state index contributed by atoms with van der Waals surface area (Å²) < 4.78 is 0.507. The zero-order valence-electron chi connectivity index (χ0n) is 16.3. The van der Waals surface area contributed by atoms with Gasteiger partial charge in [-0.05, 0) is 29.0 Å². The number of non-ortho nitro benzene ring substituents is 1. The van der Waals surface area contributed by atoms with E-state index in [1.165, 1.54) is 18.2 Å². The number of nitro groups is 1. The molecule has 9 nitrogen and oxygen atoms in total. The first-order valence-corrected chi connectivity index (χ1v) is 11.1. The monoisotopic (exact) mass is 465 g/mol. The van der Waals surface area contributed by atoms with Gasteiger partial charge in [0.05, 0.1) is 10.7 Å². The van der Waals surface area contributed by atoms with Gasteiger partial charge in [0.2, 0.25) is 11.0 Å². The van der Waals surface area contributed by atoms with Crippen molar-refractivity contribution in [1.82, 2.24) is 10.2 Å². The van der Waals surface area contributed by atoms with Gasteiger partial charge >= 0.3 is 0 Å². The van der Waals surface area contributed by atoms with Crippen molar-refractivity contribution in [1.29, 1.82) is 0 Å². The highest BCUT2D eigenvalue weighted by molar-refractivity contribution is 8.01. The fourth-order valence-corrected chi connectivity index (χ4v) is 4.39. The molecule has 0 aliphatic carbocycles. The molecule has 0 fully saturated rings. The number of fused-ring (bicyclic) bond motifs is 1. The van der Waals surface area contributed by atoms with Crippen molar-refractivity contribution < 1.29 is 14.5 Å². The Morgan fingerprint density at radius 3 is 2.59 bits per heavy atom. The summed E-state index contributed by atoms with van der Waals surface area (Å²) in [6.07, 6.45) is 0. The summed E-state index contributed by atoms with van der Waals surface area (Å²) in [5, 5.41) is 26.4. The Kier molecular flexibility index (Phi) is 6.38. The molecule has 0 saturated heterocycles. The van der Waals surface area contributed by atoms with Crippen LogP contribution >= 0.6 is 23.1 Å². The average molecular weight is 466 g/mol. The number of hydrogen-bond donors (Lipinski definition) is 2. The first-order valence-electron chi connectivity index (χ1n) is 9.29. The van der Waals surface area contributed by atoms with Crippen LogP contribution in [0.2, 0.25) is 0 Å². The molecule has 0 spiro atoms. The summed E-state index contributed by atoms with van der Waals surface area (Å²) in [6, 6.07) is 18.9. The third-order valence-corrected chi connectivity index (χ3v) is 6.28. The second kappa shape index (κ2) is 9.54. The predicted molar refractivity (Wildman–Crippen MR) is 124 cm³/mol. The zero-order valence-corrected chi connectivity index (χ0v) is 18.0. The molecule has 2 N–H and O–H groups in total. The molecule has 0 aliphatic rings. The van der Waals surface area contributed by atoms with Crippen LogP contribution in [-0.2, 0) is 4.79 Å². The number of nitrogens with one attached hydrogen (secondary N) is 2. The molecule has 0 bridgehead atoms. The second-order valence-corrected chi connectivity index (χ2v) is 8.73. The molecule has 32 heavy (non-hydrogen) atoms. The fourth-order valence-electron chi connectivity index (χ4n) is 2.84. The average Bonchev–Trinajstić information content (AvgIpc) is 3.24. The number of anilines is 2. The zero-order chi connectivity index (χ0) is 22.5. The highest BCUT2D eigenvalue weighted by atomic mass is 32.2. The van der Waals surface area contributed by atoms with Crippen LogP contribution in [-0.4, -0.2) is 32.7 Å². The van der Waals surface area contributed by atoms with Crippen molar-refractivity contribution in [3.63, 3.8) is 0 Å². The van der Waals surface area contributed by atoms with E-state index in [4.69, 9.17) is 0 Å². The minimum absolute atomic E-state index is 0.0376. The third kappa shape index (κ3) is 5.25. The van der Waals surface area contributed by atoms with E-state index < -0.39 is 4.92 Å². The molecule has 1 heterocycles. The molecular weight excluding hydrogens is 450 g/mol. The Hall–Kier alpha value is -3.83. The van der Waals surface area contributed by atoms with E-state index in [9.17, 15) is 19.7 Å². The van der Waals surface area contributed by atoms with Gasteiger partial charge in [-0.3, -0.25) is 25.0 Å². The first-order chi connectivity index (χ1) is 15.5. The molecule has 0 atom stereocenters. The van der Waals surface area contributed by atoms with E-state index in [0.717, 1.165) is 33.9 Å². The lowest BCUT2D eigenvalue weighted by Crippen LogP contribution is -2.14. The van der Waals surface area contributed by atoms with Gasteiger partial charge in [-0.2, -0.15) is 0 Å². The molecule has 0 aliphatic heterocycles. The summed E-state index contributed by atoms with van der Waals surface area (Å²) >= 11 is 2.31. The lowest BCUT2D eigenvalue weighted by molar-refractivity contribution is -0.384.